The fraction of sp³-hybridized carbons (Fsp3) is 0.900. The van der Waals surface area contributed by atoms with Gasteiger partial charge in [0.2, 0.25) is 5.79 Å². The van der Waals surface area contributed by atoms with Crippen LogP contribution in [-0.4, -0.2) is 37.4 Å². The first-order chi connectivity index (χ1) is 6.97. The van der Waals surface area contributed by atoms with Gasteiger partial charge in [-0.15, -0.1) is 0 Å². The van der Waals surface area contributed by atoms with Gasteiger partial charge in [0.1, 0.15) is 6.61 Å². The highest BCUT2D eigenvalue weighted by molar-refractivity contribution is 5.72. The molecule has 5 heteroatoms. The molecule has 2 atom stereocenters. The Hall–Kier alpha value is -0.650. The highest BCUT2D eigenvalue weighted by Crippen LogP contribution is 2.35. The van der Waals surface area contributed by atoms with E-state index >= 15 is 0 Å². The van der Waals surface area contributed by atoms with Crippen LogP contribution in [0, 0.1) is 0 Å². The molecule has 0 aromatic rings. The Labute approximate surface area is 89.6 Å². The van der Waals surface area contributed by atoms with E-state index in [2.05, 4.69) is 0 Å². The lowest BCUT2D eigenvalue weighted by Crippen LogP contribution is -2.62. The van der Waals surface area contributed by atoms with Crippen molar-refractivity contribution in [2.45, 2.75) is 39.3 Å². The van der Waals surface area contributed by atoms with Gasteiger partial charge in [-0.2, -0.15) is 0 Å². The molecule has 0 aromatic carbocycles. The van der Waals surface area contributed by atoms with Crippen LogP contribution in [0.25, 0.3) is 0 Å². The van der Waals surface area contributed by atoms with Crippen LogP contribution in [0.15, 0.2) is 0 Å². The van der Waals surface area contributed by atoms with Crippen LogP contribution in [-0.2, 0) is 23.7 Å². The fourth-order valence-electron chi connectivity index (χ4n) is 1.55. The van der Waals surface area contributed by atoms with Crippen molar-refractivity contribution < 1.29 is 23.7 Å². The third-order valence-corrected chi connectivity index (χ3v) is 2.44. The van der Waals surface area contributed by atoms with Crippen LogP contribution in [0.2, 0.25) is 0 Å². The lowest BCUT2D eigenvalue weighted by Gasteiger charge is -2.46. The first kappa shape index (κ1) is 12.4. The van der Waals surface area contributed by atoms with Gasteiger partial charge in [0.05, 0.1) is 0 Å². The number of hydrogen-bond acceptors (Lipinski definition) is 5. The lowest BCUT2D eigenvalue weighted by atomic mass is 10.1. The van der Waals surface area contributed by atoms with Crippen molar-refractivity contribution in [3.8, 4) is 0 Å². The van der Waals surface area contributed by atoms with Gasteiger partial charge in [0, 0.05) is 20.1 Å². The second-order valence-electron chi connectivity index (χ2n) is 3.52. The number of cyclic esters (lactones) is 1. The molecule has 5 nitrogen and oxygen atoms in total. The zero-order valence-corrected chi connectivity index (χ0v) is 9.66. The van der Waals surface area contributed by atoms with Crippen LogP contribution in [0.4, 0.5) is 0 Å². The average Bonchev–Trinajstić information content (AvgIpc) is 2.13. The molecule has 0 N–H and O–H groups in total. The molecule has 0 aliphatic carbocycles. The third kappa shape index (κ3) is 2.30. The molecule has 0 amide bonds. The zero-order chi connectivity index (χ0) is 11.5. The minimum Gasteiger partial charge on any atom is -0.426 e. The van der Waals surface area contributed by atoms with E-state index in [9.17, 15) is 4.79 Å². The van der Waals surface area contributed by atoms with Gasteiger partial charge in [0.15, 0.2) is 0 Å². The molecule has 1 fully saturated rings. The van der Waals surface area contributed by atoms with E-state index in [-0.39, 0.29) is 6.61 Å². The van der Waals surface area contributed by atoms with Crippen molar-refractivity contribution in [3.05, 3.63) is 0 Å². The maximum absolute atomic E-state index is 11.2. The molecule has 15 heavy (non-hydrogen) atoms. The predicted octanol–water partition coefficient (Wildman–Crippen LogP) is 1.07. The van der Waals surface area contributed by atoms with Gasteiger partial charge in [-0.25, -0.2) is 4.79 Å². The largest absolute Gasteiger partial charge is 0.426 e. The molecular weight excluding hydrogens is 200 g/mol. The van der Waals surface area contributed by atoms with Crippen molar-refractivity contribution in [1.82, 2.24) is 0 Å². The predicted molar refractivity (Wildman–Crippen MR) is 52.1 cm³/mol. The van der Waals surface area contributed by atoms with Crippen molar-refractivity contribution in [2.75, 3.05) is 19.8 Å². The summed E-state index contributed by atoms with van der Waals surface area (Å²) < 4.78 is 21.4. The van der Waals surface area contributed by atoms with Gasteiger partial charge < -0.3 is 18.9 Å². The summed E-state index contributed by atoms with van der Waals surface area (Å²) in [5, 5.41) is 0. The van der Waals surface area contributed by atoms with Gasteiger partial charge in [-0.05, 0) is 20.8 Å². The van der Waals surface area contributed by atoms with E-state index in [0.29, 0.717) is 13.2 Å². The minimum atomic E-state index is -1.19. The van der Waals surface area contributed by atoms with Crippen molar-refractivity contribution in [3.63, 3.8) is 0 Å². The van der Waals surface area contributed by atoms with E-state index in [4.69, 9.17) is 18.9 Å². The van der Waals surface area contributed by atoms with E-state index < -0.39 is 17.5 Å². The Kier molecular flexibility index (Phi) is 3.70. The maximum Gasteiger partial charge on any atom is 0.334 e. The first-order valence-corrected chi connectivity index (χ1v) is 5.11. The first-order valence-electron chi connectivity index (χ1n) is 5.11. The van der Waals surface area contributed by atoms with Crippen LogP contribution in [0.1, 0.15) is 27.7 Å². The third-order valence-electron chi connectivity index (χ3n) is 2.44. The van der Waals surface area contributed by atoms with Gasteiger partial charge >= 0.3 is 5.97 Å². The van der Waals surface area contributed by atoms with Crippen LogP contribution in [0.3, 0.4) is 0 Å². The quantitative estimate of drug-likeness (QED) is 0.660. The van der Waals surface area contributed by atoms with Crippen molar-refractivity contribution in [2.24, 2.45) is 0 Å². The molecule has 0 aromatic heterocycles. The summed E-state index contributed by atoms with van der Waals surface area (Å²) in [6, 6.07) is 0. The summed E-state index contributed by atoms with van der Waals surface area (Å²) in [4.78, 5) is 11.2. The van der Waals surface area contributed by atoms with Gasteiger partial charge in [-0.1, -0.05) is 0 Å². The van der Waals surface area contributed by atoms with Crippen LogP contribution in [0.5, 0.6) is 0 Å². The monoisotopic (exact) mass is 218 g/mol. The Morgan fingerprint density at radius 2 is 1.73 bits per heavy atom. The normalized spacial score (nSPS) is 36.4. The highest BCUT2D eigenvalue weighted by atomic mass is 16.8. The Morgan fingerprint density at radius 1 is 1.20 bits per heavy atom. The smallest absolute Gasteiger partial charge is 0.334 e. The molecular formula is C10H18O5. The number of esters is 1. The van der Waals surface area contributed by atoms with Gasteiger partial charge in [-0.3, -0.25) is 0 Å². The molecule has 0 radical (unpaired) electrons. The van der Waals surface area contributed by atoms with Crippen LogP contribution < -0.4 is 0 Å². The second-order valence-corrected chi connectivity index (χ2v) is 3.52. The minimum absolute atomic E-state index is 0.112. The summed E-state index contributed by atoms with van der Waals surface area (Å²) in [6.07, 6.45) is 0. The highest BCUT2D eigenvalue weighted by Gasteiger charge is 2.55. The number of hydrogen-bond donors (Lipinski definition) is 0. The molecule has 1 rings (SSSR count). The molecule has 0 unspecified atom stereocenters. The molecule has 88 valence electrons. The fourth-order valence-corrected chi connectivity index (χ4v) is 1.55. The Balaban J connectivity index is 2.87. The van der Waals surface area contributed by atoms with Gasteiger partial charge in [0.25, 0.3) is 5.79 Å². The molecule has 0 bridgehead atoms. The number of ether oxygens (including phenoxy) is 4. The zero-order valence-electron chi connectivity index (χ0n) is 9.66. The Morgan fingerprint density at radius 3 is 2.27 bits per heavy atom. The van der Waals surface area contributed by atoms with Crippen molar-refractivity contribution in [1.29, 1.82) is 0 Å². The molecule has 0 saturated carbocycles. The molecule has 1 aliphatic rings. The summed E-state index contributed by atoms with van der Waals surface area (Å²) in [5.74, 6) is -2.68. The molecule has 1 heterocycles. The summed E-state index contributed by atoms with van der Waals surface area (Å²) in [5.41, 5.74) is 0. The summed E-state index contributed by atoms with van der Waals surface area (Å²) in [7, 11) is 0. The van der Waals surface area contributed by atoms with E-state index in [1.807, 2.05) is 13.8 Å². The number of carbonyl (C=O) groups is 1. The average molecular weight is 218 g/mol. The number of rotatable bonds is 4. The summed E-state index contributed by atoms with van der Waals surface area (Å²) >= 11 is 0. The molecule has 0 spiro atoms. The topological polar surface area (TPSA) is 54.0 Å². The van der Waals surface area contributed by atoms with E-state index in [1.54, 1.807) is 13.8 Å². The maximum atomic E-state index is 11.2. The molecule has 1 aliphatic heterocycles. The van der Waals surface area contributed by atoms with E-state index in [1.165, 1.54) is 0 Å². The summed E-state index contributed by atoms with van der Waals surface area (Å²) in [6.45, 7) is 7.77. The molecule has 1 saturated heterocycles. The van der Waals surface area contributed by atoms with Crippen molar-refractivity contribution >= 4 is 5.97 Å². The van der Waals surface area contributed by atoms with E-state index in [0.717, 1.165) is 0 Å². The SMILES string of the molecule is CCO[C@@]1(C)OCC(=O)O[C@]1(C)OCC. The second kappa shape index (κ2) is 4.47. The number of carbonyl (C=O) groups excluding carboxylic acids is 1. The standard InChI is InChI=1S/C10H18O5/c1-5-12-9(3)10(4,13-6-2)15-8(11)7-14-9/h5-7H2,1-4H3/t9-,10-/m0/s1. The lowest BCUT2D eigenvalue weighted by molar-refractivity contribution is -0.402. The Bertz CT molecular complexity index is 242. The van der Waals surface area contributed by atoms with Crippen LogP contribution >= 0.6 is 0 Å².